The largest absolute Gasteiger partial charge is 0.266 e. The Balaban J connectivity index is 2.07. The van der Waals surface area contributed by atoms with Crippen molar-refractivity contribution in [2.24, 2.45) is 0 Å². The lowest BCUT2D eigenvalue weighted by molar-refractivity contribution is 0.592. The van der Waals surface area contributed by atoms with E-state index in [4.69, 9.17) is 0 Å². The van der Waals surface area contributed by atoms with E-state index in [1.165, 1.54) is 22.5 Å². The normalized spacial score (nSPS) is 14.4. The average Bonchev–Trinajstić information content (AvgIpc) is 2.82. The molecular weight excluding hydrogens is 277 g/mol. The summed E-state index contributed by atoms with van der Waals surface area (Å²) in [5.74, 6) is -0.335. The van der Waals surface area contributed by atoms with Crippen LogP contribution in [0.25, 0.3) is 0 Å². The third-order valence-electron chi connectivity index (χ3n) is 3.47. The Kier molecular flexibility index (Phi) is 3.01. The number of halogens is 1. The second-order valence-corrected chi connectivity index (χ2v) is 6.78. The maximum Gasteiger partial charge on any atom is 0.264 e. The van der Waals surface area contributed by atoms with Crippen molar-refractivity contribution in [3.8, 4) is 0 Å². The van der Waals surface area contributed by atoms with Gasteiger partial charge in [0.05, 0.1) is 10.6 Å². The molecule has 104 valence electrons. The smallest absolute Gasteiger partial charge is 0.264 e. The summed E-state index contributed by atoms with van der Waals surface area (Å²) in [7, 11) is -3.58. The number of hydrogen-bond donors (Lipinski definition) is 0. The predicted molar refractivity (Wildman–Crippen MR) is 75.8 cm³/mol. The number of aryl methyl sites for hydroxylation is 1. The molecule has 0 radical (unpaired) electrons. The van der Waals surface area contributed by atoms with Crippen molar-refractivity contribution in [3.63, 3.8) is 0 Å². The summed E-state index contributed by atoms with van der Waals surface area (Å²) in [6.45, 7) is 2.21. The minimum atomic E-state index is -3.58. The molecule has 0 spiro atoms. The highest BCUT2D eigenvalue weighted by atomic mass is 32.2. The maximum atomic E-state index is 13.2. The van der Waals surface area contributed by atoms with E-state index >= 15 is 0 Å². The lowest BCUT2D eigenvalue weighted by atomic mass is 10.2. The second kappa shape index (κ2) is 4.59. The summed E-state index contributed by atoms with van der Waals surface area (Å²) in [6, 6.07) is 11.0. The van der Waals surface area contributed by atoms with Gasteiger partial charge in [0.2, 0.25) is 0 Å². The lowest BCUT2D eigenvalue weighted by Crippen LogP contribution is -2.29. The van der Waals surface area contributed by atoms with Crippen LogP contribution in [0, 0.1) is 12.7 Å². The Labute approximate surface area is 117 Å². The van der Waals surface area contributed by atoms with Crippen molar-refractivity contribution < 1.29 is 12.8 Å². The molecule has 0 aromatic heterocycles. The highest BCUT2D eigenvalue weighted by Crippen LogP contribution is 2.33. The van der Waals surface area contributed by atoms with Gasteiger partial charge in [0.1, 0.15) is 5.82 Å². The molecule has 2 aromatic rings. The zero-order valence-corrected chi connectivity index (χ0v) is 11.8. The van der Waals surface area contributed by atoms with Gasteiger partial charge in [-0.3, -0.25) is 4.31 Å². The molecule has 3 rings (SSSR count). The summed E-state index contributed by atoms with van der Waals surface area (Å²) in [5, 5.41) is 0. The predicted octanol–water partition coefficient (Wildman–Crippen LogP) is 2.89. The van der Waals surface area contributed by atoms with E-state index in [-0.39, 0.29) is 10.7 Å². The standard InChI is InChI=1S/C15H14FNO2S/c1-11-3-2-4-14(9-11)20(18,19)17-8-7-12-10-13(16)5-6-15(12)17/h2-6,9-10H,7-8H2,1H3. The van der Waals surface area contributed by atoms with Crippen LogP contribution in [0.5, 0.6) is 0 Å². The van der Waals surface area contributed by atoms with Crippen molar-refractivity contribution in [1.82, 2.24) is 0 Å². The number of fused-ring (bicyclic) bond motifs is 1. The van der Waals surface area contributed by atoms with E-state index in [9.17, 15) is 12.8 Å². The van der Waals surface area contributed by atoms with Crippen LogP contribution >= 0.6 is 0 Å². The molecule has 1 aliphatic rings. The molecule has 0 unspecified atom stereocenters. The summed E-state index contributed by atoms with van der Waals surface area (Å²) in [6.07, 6.45) is 0.540. The molecule has 5 heteroatoms. The van der Waals surface area contributed by atoms with Crippen molar-refractivity contribution in [3.05, 3.63) is 59.4 Å². The van der Waals surface area contributed by atoms with Gasteiger partial charge in [0, 0.05) is 6.54 Å². The molecule has 3 nitrogen and oxygen atoms in total. The van der Waals surface area contributed by atoms with Gasteiger partial charge in [-0.2, -0.15) is 0 Å². The monoisotopic (exact) mass is 291 g/mol. The van der Waals surface area contributed by atoms with Gasteiger partial charge in [-0.05, 0) is 54.8 Å². The first-order valence-electron chi connectivity index (χ1n) is 6.36. The van der Waals surface area contributed by atoms with Crippen molar-refractivity contribution in [1.29, 1.82) is 0 Å². The number of benzene rings is 2. The first kappa shape index (κ1) is 13.1. The second-order valence-electron chi connectivity index (χ2n) is 4.92. The first-order chi connectivity index (χ1) is 9.48. The molecule has 1 aliphatic heterocycles. The fraction of sp³-hybridized carbons (Fsp3) is 0.200. The number of anilines is 1. The van der Waals surface area contributed by atoms with Gasteiger partial charge in [-0.15, -0.1) is 0 Å². The van der Waals surface area contributed by atoms with Crippen LogP contribution in [0.4, 0.5) is 10.1 Å². The Morgan fingerprint density at radius 1 is 1.15 bits per heavy atom. The van der Waals surface area contributed by atoms with Crippen LogP contribution in [0.1, 0.15) is 11.1 Å². The molecule has 0 atom stereocenters. The van der Waals surface area contributed by atoms with Crippen LogP contribution in [0.3, 0.4) is 0 Å². The Bertz CT molecular complexity index is 771. The Morgan fingerprint density at radius 3 is 2.70 bits per heavy atom. The molecule has 0 bridgehead atoms. The van der Waals surface area contributed by atoms with Crippen LogP contribution in [-0.2, 0) is 16.4 Å². The molecule has 0 fully saturated rings. The van der Waals surface area contributed by atoms with Gasteiger partial charge in [0.25, 0.3) is 10.0 Å². The van der Waals surface area contributed by atoms with E-state index in [2.05, 4.69) is 0 Å². The van der Waals surface area contributed by atoms with Crippen molar-refractivity contribution in [2.75, 3.05) is 10.8 Å². The van der Waals surface area contributed by atoms with E-state index in [0.717, 1.165) is 11.1 Å². The van der Waals surface area contributed by atoms with Crippen LogP contribution in [0.15, 0.2) is 47.4 Å². The number of hydrogen-bond acceptors (Lipinski definition) is 2. The van der Waals surface area contributed by atoms with Gasteiger partial charge in [-0.25, -0.2) is 12.8 Å². The third kappa shape index (κ3) is 2.08. The van der Waals surface area contributed by atoms with Crippen molar-refractivity contribution in [2.45, 2.75) is 18.2 Å². The van der Waals surface area contributed by atoms with Crippen LogP contribution in [-0.4, -0.2) is 15.0 Å². The maximum absolute atomic E-state index is 13.2. The van der Waals surface area contributed by atoms with Gasteiger partial charge in [-0.1, -0.05) is 12.1 Å². The fourth-order valence-electron chi connectivity index (χ4n) is 2.49. The third-order valence-corrected chi connectivity index (χ3v) is 5.28. The summed E-state index contributed by atoms with van der Waals surface area (Å²) >= 11 is 0. The van der Waals surface area contributed by atoms with E-state index in [1.807, 2.05) is 13.0 Å². The highest BCUT2D eigenvalue weighted by molar-refractivity contribution is 7.92. The summed E-state index contributed by atoms with van der Waals surface area (Å²) < 4.78 is 39.9. The minimum Gasteiger partial charge on any atom is -0.266 e. The molecule has 1 heterocycles. The van der Waals surface area contributed by atoms with Gasteiger partial charge in [0.15, 0.2) is 0 Å². The number of sulfonamides is 1. The van der Waals surface area contributed by atoms with Crippen molar-refractivity contribution >= 4 is 15.7 Å². The molecule has 20 heavy (non-hydrogen) atoms. The molecular formula is C15H14FNO2S. The summed E-state index contributed by atoms with van der Waals surface area (Å²) in [5.41, 5.74) is 2.21. The lowest BCUT2D eigenvalue weighted by Gasteiger charge is -2.19. The van der Waals surface area contributed by atoms with Gasteiger partial charge >= 0.3 is 0 Å². The van der Waals surface area contributed by atoms with Crippen LogP contribution in [0.2, 0.25) is 0 Å². The minimum absolute atomic E-state index is 0.273. The zero-order valence-electron chi connectivity index (χ0n) is 11.0. The first-order valence-corrected chi connectivity index (χ1v) is 7.80. The van der Waals surface area contributed by atoms with E-state index in [0.29, 0.717) is 18.7 Å². The van der Waals surface area contributed by atoms with Crippen LogP contribution < -0.4 is 4.31 Å². The molecule has 2 aromatic carbocycles. The Morgan fingerprint density at radius 2 is 1.95 bits per heavy atom. The quantitative estimate of drug-likeness (QED) is 0.853. The Hall–Kier alpha value is -1.88. The summed E-state index contributed by atoms with van der Waals surface area (Å²) in [4.78, 5) is 0.273. The molecule has 0 amide bonds. The molecule has 0 saturated heterocycles. The SMILES string of the molecule is Cc1cccc(S(=O)(=O)N2CCc3cc(F)ccc32)c1. The van der Waals surface area contributed by atoms with Gasteiger partial charge < -0.3 is 0 Å². The van der Waals surface area contributed by atoms with E-state index in [1.54, 1.807) is 18.2 Å². The van der Waals surface area contributed by atoms with E-state index < -0.39 is 10.0 Å². The molecule has 0 saturated carbocycles. The molecule has 0 aliphatic carbocycles. The number of rotatable bonds is 2. The highest BCUT2D eigenvalue weighted by Gasteiger charge is 2.30. The topological polar surface area (TPSA) is 37.4 Å². The average molecular weight is 291 g/mol. The number of nitrogens with zero attached hydrogens (tertiary/aromatic N) is 1. The fourth-order valence-corrected chi connectivity index (χ4v) is 4.10. The molecule has 0 N–H and O–H groups in total. The zero-order chi connectivity index (χ0) is 14.3.